The lowest BCUT2D eigenvalue weighted by Gasteiger charge is -2.24. The number of rotatable bonds is 2. The van der Waals surface area contributed by atoms with E-state index in [4.69, 9.17) is 4.74 Å². The molecule has 108 valence electrons. The first kappa shape index (κ1) is 14.3. The van der Waals surface area contributed by atoms with Crippen molar-refractivity contribution in [2.75, 3.05) is 11.9 Å². The largest absolute Gasteiger partial charge is 0.486 e. The van der Waals surface area contributed by atoms with Gasteiger partial charge in [0.05, 0.1) is 5.69 Å². The first-order chi connectivity index (χ1) is 9.41. The third-order valence-electron chi connectivity index (χ3n) is 3.28. The zero-order chi connectivity index (χ0) is 14.9. The van der Waals surface area contributed by atoms with E-state index < -0.39 is 24.2 Å². The van der Waals surface area contributed by atoms with Gasteiger partial charge in [0.25, 0.3) is 5.91 Å². The number of nitrogens with one attached hydrogen (secondary N) is 1. The van der Waals surface area contributed by atoms with Gasteiger partial charge in [0.15, 0.2) is 0 Å². The molecule has 1 aromatic rings. The molecule has 0 saturated heterocycles. The molecule has 6 nitrogen and oxygen atoms in total. The molecule has 2 amide bonds. The molecule has 0 saturated carbocycles. The van der Waals surface area contributed by atoms with Crippen molar-refractivity contribution in [3.8, 4) is 5.75 Å². The summed E-state index contributed by atoms with van der Waals surface area (Å²) < 4.78 is 5.73. The molecule has 2 rings (SSSR count). The third kappa shape index (κ3) is 2.60. The number of aliphatic hydroxyl groups is 1. The number of anilines is 1. The van der Waals surface area contributed by atoms with Crippen LogP contribution in [0, 0.1) is 0 Å². The first-order valence-corrected chi connectivity index (χ1v) is 6.43. The normalized spacial score (nSPS) is 23.4. The van der Waals surface area contributed by atoms with Gasteiger partial charge in [-0.15, -0.1) is 0 Å². The van der Waals surface area contributed by atoms with Crippen LogP contribution in [0.15, 0.2) is 24.3 Å². The first-order valence-electron chi connectivity index (χ1n) is 6.43. The van der Waals surface area contributed by atoms with Crippen molar-refractivity contribution in [1.82, 2.24) is 5.32 Å². The van der Waals surface area contributed by atoms with E-state index >= 15 is 0 Å². The van der Waals surface area contributed by atoms with E-state index in [-0.39, 0.29) is 5.91 Å². The van der Waals surface area contributed by atoms with Crippen LogP contribution < -0.4 is 15.0 Å². The predicted octanol–water partition coefficient (Wildman–Crippen LogP) is 0.296. The highest BCUT2D eigenvalue weighted by atomic mass is 16.5. The Balaban J connectivity index is 2.30. The molecule has 0 bridgehead atoms. The second kappa shape index (κ2) is 5.50. The molecular weight excluding hydrogens is 260 g/mol. The number of para-hydroxylation sites is 2. The van der Waals surface area contributed by atoms with Gasteiger partial charge >= 0.3 is 0 Å². The van der Waals surface area contributed by atoms with Crippen molar-refractivity contribution in [2.45, 2.75) is 32.1 Å². The minimum atomic E-state index is -1.18. The summed E-state index contributed by atoms with van der Waals surface area (Å²) in [6.07, 6.45) is -1.71. The van der Waals surface area contributed by atoms with E-state index in [1.165, 1.54) is 11.8 Å². The SMILES string of the molecule is CC(O)C(=O)N[C@@H]1C(=O)N(C)c2ccccc2O[C@@H]1C. The number of nitrogens with zero attached hydrogens (tertiary/aromatic N) is 1. The Kier molecular flexibility index (Phi) is 3.94. The van der Waals surface area contributed by atoms with E-state index in [0.717, 1.165) is 0 Å². The highest BCUT2D eigenvalue weighted by Gasteiger charge is 2.36. The summed E-state index contributed by atoms with van der Waals surface area (Å²) in [4.78, 5) is 25.5. The Morgan fingerprint density at radius 2 is 2.10 bits per heavy atom. The topological polar surface area (TPSA) is 78.9 Å². The molecule has 1 aliphatic heterocycles. The Labute approximate surface area is 117 Å². The van der Waals surface area contributed by atoms with Crippen molar-refractivity contribution >= 4 is 17.5 Å². The number of carbonyl (C=O) groups excluding carboxylic acids is 2. The van der Waals surface area contributed by atoms with Crippen LogP contribution in [-0.2, 0) is 9.59 Å². The Hall–Kier alpha value is -2.08. The highest BCUT2D eigenvalue weighted by molar-refractivity contribution is 6.01. The van der Waals surface area contributed by atoms with Gasteiger partial charge in [-0.2, -0.15) is 0 Å². The minimum absolute atomic E-state index is 0.281. The summed E-state index contributed by atoms with van der Waals surface area (Å²) in [5, 5.41) is 11.8. The molecular formula is C14H18N2O4. The summed E-state index contributed by atoms with van der Waals surface area (Å²) >= 11 is 0. The van der Waals surface area contributed by atoms with Gasteiger partial charge in [-0.1, -0.05) is 12.1 Å². The fourth-order valence-electron chi connectivity index (χ4n) is 2.08. The lowest BCUT2D eigenvalue weighted by molar-refractivity contribution is -0.133. The lowest BCUT2D eigenvalue weighted by atomic mass is 10.1. The molecule has 1 heterocycles. The maximum Gasteiger partial charge on any atom is 0.253 e. The van der Waals surface area contributed by atoms with Crippen LogP contribution in [0.5, 0.6) is 5.75 Å². The van der Waals surface area contributed by atoms with E-state index in [2.05, 4.69) is 5.32 Å². The third-order valence-corrected chi connectivity index (χ3v) is 3.28. The summed E-state index contributed by atoms with van der Waals surface area (Å²) in [7, 11) is 1.63. The molecule has 0 spiro atoms. The predicted molar refractivity (Wildman–Crippen MR) is 73.6 cm³/mol. The van der Waals surface area contributed by atoms with E-state index in [1.54, 1.807) is 26.1 Å². The number of hydrogen-bond acceptors (Lipinski definition) is 4. The van der Waals surface area contributed by atoms with E-state index in [1.807, 2.05) is 12.1 Å². The maximum absolute atomic E-state index is 12.4. The van der Waals surface area contributed by atoms with Crippen LogP contribution in [0.25, 0.3) is 0 Å². The van der Waals surface area contributed by atoms with Gasteiger partial charge in [-0.05, 0) is 26.0 Å². The summed E-state index contributed by atoms with van der Waals surface area (Å²) in [6, 6.07) is 6.34. The Bertz CT molecular complexity index is 530. The van der Waals surface area contributed by atoms with Crippen molar-refractivity contribution in [2.24, 2.45) is 0 Å². The van der Waals surface area contributed by atoms with Crippen molar-refractivity contribution in [3.63, 3.8) is 0 Å². The summed E-state index contributed by atoms with van der Waals surface area (Å²) in [6.45, 7) is 3.06. The zero-order valence-corrected chi connectivity index (χ0v) is 11.7. The van der Waals surface area contributed by atoms with Crippen molar-refractivity contribution in [3.05, 3.63) is 24.3 Å². The molecule has 1 unspecified atom stereocenters. The molecule has 2 N–H and O–H groups in total. The Morgan fingerprint density at radius 1 is 1.45 bits per heavy atom. The van der Waals surface area contributed by atoms with E-state index in [0.29, 0.717) is 11.4 Å². The number of carbonyl (C=O) groups is 2. The van der Waals surface area contributed by atoms with Gasteiger partial charge in [0.2, 0.25) is 5.91 Å². The number of aliphatic hydroxyl groups excluding tert-OH is 1. The lowest BCUT2D eigenvalue weighted by Crippen LogP contribution is -2.54. The van der Waals surface area contributed by atoms with Crippen LogP contribution >= 0.6 is 0 Å². The van der Waals surface area contributed by atoms with Gasteiger partial charge in [-0.3, -0.25) is 9.59 Å². The second-order valence-electron chi connectivity index (χ2n) is 4.85. The van der Waals surface area contributed by atoms with Gasteiger partial charge in [-0.25, -0.2) is 0 Å². The van der Waals surface area contributed by atoms with Crippen LogP contribution in [-0.4, -0.2) is 42.2 Å². The summed E-state index contributed by atoms with van der Waals surface area (Å²) in [5.41, 5.74) is 0.651. The molecule has 20 heavy (non-hydrogen) atoms. The van der Waals surface area contributed by atoms with Crippen LogP contribution in [0.2, 0.25) is 0 Å². The number of fused-ring (bicyclic) bond motifs is 1. The molecule has 0 aliphatic carbocycles. The average molecular weight is 278 g/mol. The van der Waals surface area contributed by atoms with Crippen LogP contribution in [0.1, 0.15) is 13.8 Å². The van der Waals surface area contributed by atoms with Crippen molar-refractivity contribution < 1.29 is 19.4 Å². The number of benzene rings is 1. The smallest absolute Gasteiger partial charge is 0.253 e. The van der Waals surface area contributed by atoms with E-state index in [9.17, 15) is 14.7 Å². The Morgan fingerprint density at radius 3 is 2.75 bits per heavy atom. The van der Waals surface area contributed by atoms with Gasteiger partial charge in [0.1, 0.15) is 24.0 Å². The minimum Gasteiger partial charge on any atom is -0.486 e. The standard InChI is InChI=1S/C14H18N2O4/c1-8(17)13(18)15-12-9(2)20-11-7-5-4-6-10(11)16(3)14(12)19/h4-9,12,17H,1-3H3,(H,15,18)/t8?,9-,12+/m1/s1. The number of ether oxygens (including phenoxy) is 1. The molecule has 6 heteroatoms. The highest BCUT2D eigenvalue weighted by Crippen LogP contribution is 2.31. The molecule has 0 fully saturated rings. The number of likely N-dealkylation sites (N-methyl/N-ethyl adjacent to an activating group) is 1. The molecule has 0 radical (unpaired) electrons. The quantitative estimate of drug-likeness (QED) is 0.815. The van der Waals surface area contributed by atoms with Gasteiger partial charge in [0, 0.05) is 7.05 Å². The average Bonchev–Trinajstić information content (AvgIpc) is 2.50. The van der Waals surface area contributed by atoms with Crippen LogP contribution in [0.4, 0.5) is 5.69 Å². The molecule has 3 atom stereocenters. The molecule has 1 aromatic carbocycles. The molecule has 1 aliphatic rings. The fourth-order valence-corrected chi connectivity index (χ4v) is 2.08. The zero-order valence-electron chi connectivity index (χ0n) is 11.7. The summed E-state index contributed by atoms with van der Waals surface area (Å²) in [5.74, 6) is -0.292. The van der Waals surface area contributed by atoms with Gasteiger partial charge < -0.3 is 20.1 Å². The maximum atomic E-state index is 12.4. The molecule has 0 aromatic heterocycles. The monoisotopic (exact) mass is 278 g/mol. The second-order valence-corrected chi connectivity index (χ2v) is 4.85. The fraction of sp³-hybridized carbons (Fsp3) is 0.429. The van der Waals surface area contributed by atoms with Crippen molar-refractivity contribution in [1.29, 1.82) is 0 Å². The number of hydrogen-bond donors (Lipinski definition) is 2. The number of amides is 2. The van der Waals surface area contributed by atoms with Crippen LogP contribution in [0.3, 0.4) is 0 Å².